The molecular formula is C25H35ClN4O6. The van der Waals surface area contributed by atoms with E-state index in [1.165, 1.54) is 7.11 Å². The molecule has 0 unspecified atom stereocenters. The number of benzene rings is 2. The van der Waals surface area contributed by atoms with Crippen LogP contribution in [0.2, 0.25) is 0 Å². The third kappa shape index (κ3) is 6.86. The van der Waals surface area contributed by atoms with E-state index < -0.39 is 11.8 Å². The van der Waals surface area contributed by atoms with E-state index >= 15 is 0 Å². The highest BCUT2D eigenvalue weighted by atomic mass is 35.5. The van der Waals surface area contributed by atoms with Crippen LogP contribution in [0.25, 0.3) is 0 Å². The minimum atomic E-state index is -0.446. The van der Waals surface area contributed by atoms with Gasteiger partial charge in [-0.15, -0.1) is 0 Å². The molecule has 1 fully saturated rings. The van der Waals surface area contributed by atoms with Crippen molar-refractivity contribution in [2.24, 2.45) is 0 Å². The first kappa shape index (κ1) is 29.3. The minimum absolute atomic E-state index is 0. The van der Waals surface area contributed by atoms with Gasteiger partial charge >= 0.3 is 5.91 Å². The van der Waals surface area contributed by atoms with Gasteiger partial charge in [-0.05, 0) is 37.1 Å². The summed E-state index contributed by atoms with van der Waals surface area (Å²) in [5.74, 6) is 0.317. The minimum Gasteiger partial charge on any atom is -1.00 e. The van der Waals surface area contributed by atoms with E-state index in [0.29, 0.717) is 63.7 Å². The Bertz CT molecular complexity index is 1070. The zero-order valence-corrected chi connectivity index (χ0v) is 22.2. The fourth-order valence-electron chi connectivity index (χ4n) is 4.13. The number of carbonyl (C=O) groups is 2. The third-order valence-electron chi connectivity index (χ3n) is 6.53. The number of anilines is 2. The normalized spacial score (nSPS) is 15.0. The van der Waals surface area contributed by atoms with Crippen LogP contribution in [0.5, 0.6) is 11.5 Å². The lowest BCUT2D eigenvalue weighted by Gasteiger charge is -2.41. The number of piperazine rings is 1. The van der Waals surface area contributed by atoms with Crippen LogP contribution in [0, 0.1) is 13.8 Å². The van der Waals surface area contributed by atoms with Gasteiger partial charge in [0.25, 0.3) is 5.91 Å². The van der Waals surface area contributed by atoms with Crippen molar-refractivity contribution >= 4 is 23.2 Å². The topological polar surface area (TPSA) is 103 Å². The van der Waals surface area contributed by atoms with E-state index in [9.17, 15) is 20.0 Å². The largest absolute Gasteiger partial charge is 1.00 e. The average molecular weight is 523 g/mol. The number of rotatable bonds is 8. The molecule has 10 nitrogen and oxygen atoms in total. The first-order valence-corrected chi connectivity index (χ1v) is 11.5. The number of hydroxylamine groups is 2. The molecule has 11 heteroatoms. The van der Waals surface area contributed by atoms with E-state index in [-0.39, 0.29) is 25.5 Å². The van der Waals surface area contributed by atoms with Crippen LogP contribution in [0.3, 0.4) is 0 Å². The number of hydrogen-bond donors (Lipinski definition) is 2. The van der Waals surface area contributed by atoms with Crippen LogP contribution in [0.1, 0.15) is 11.1 Å². The van der Waals surface area contributed by atoms with Gasteiger partial charge in [-0.25, -0.2) is 0 Å². The van der Waals surface area contributed by atoms with Crippen LogP contribution in [0.4, 0.5) is 11.4 Å². The molecule has 0 spiro atoms. The molecule has 1 saturated heterocycles. The summed E-state index contributed by atoms with van der Waals surface area (Å²) in [6.45, 7) is 6.32. The van der Waals surface area contributed by atoms with Gasteiger partial charge in [0.15, 0.2) is 6.54 Å². The molecule has 2 aromatic carbocycles. The Hall–Kier alpha value is -2.89. The second kappa shape index (κ2) is 12.4. The number of methoxy groups -OCH3 is 2. The highest BCUT2D eigenvalue weighted by Gasteiger charge is 2.34. The van der Waals surface area contributed by atoms with Crippen LogP contribution in [0.15, 0.2) is 36.4 Å². The molecule has 0 bridgehead atoms. The monoisotopic (exact) mass is 522 g/mol. The van der Waals surface area contributed by atoms with Crippen molar-refractivity contribution in [3.05, 3.63) is 47.5 Å². The van der Waals surface area contributed by atoms with E-state index in [1.54, 1.807) is 43.5 Å². The van der Waals surface area contributed by atoms with Gasteiger partial charge in [0.05, 0.1) is 52.3 Å². The quantitative estimate of drug-likeness (QED) is 0.267. The summed E-state index contributed by atoms with van der Waals surface area (Å²) in [4.78, 5) is 27.4. The van der Waals surface area contributed by atoms with Crippen molar-refractivity contribution < 1.29 is 46.4 Å². The summed E-state index contributed by atoms with van der Waals surface area (Å²) >= 11 is 0. The van der Waals surface area contributed by atoms with Gasteiger partial charge in [-0.2, -0.15) is 10.1 Å². The molecule has 1 aliphatic heterocycles. The Morgan fingerprint density at radius 1 is 0.889 bits per heavy atom. The number of likely N-dealkylation sites (N-methyl/N-ethyl adjacent to an activating group) is 1. The Kier molecular flexibility index (Phi) is 10.1. The van der Waals surface area contributed by atoms with Gasteiger partial charge in [0, 0.05) is 25.2 Å². The van der Waals surface area contributed by atoms with E-state index in [4.69, 9.17) is 9.47 Å². The maximum Gasteiger partial charge on any atom is 0.305 e. The lowest BCUT2D eigenvalue weighted by Crippen LogP contribution is -3.00. The second-order valence-corrected chi connectivity index (χ2v) is 9.22. The van der Waals surface area contributed by atoms with Gasteiger partial charge in [0.1, 0.15) is 11.5 Å². The predicted molar refractivity (Wildman–Crippen MR) is 131 cm³/mol. The number of amides is 2. The molecule has 2 aromatic rings. The van der Waals surface area contributed by atoms with Crippen molar-refractivity contribution in [2.45, 2.75) is 13.8 Å². The Morgan fingerprint density at radius 3 is 1.78 bits per heavy atom. The molecular weight excluding hydrogens is 488 g/mol. The third-order valence-corrected chi connectivity index (χ3v) is 6.53. The summed E-state index contributed by atoms with van der Waals surface area (Å²) in [5.41, 5.74) is 2.51. The molecule has 0 atom stereocenters. The van der Waals surface area contributed by atoms with Crippen molar-refractivity contribution in [1.29, 1.82) is 0 Å². The molecule has 36 heavy (non-hydrogen) atoms. The summed E-state index contributed by atoms with van der Waals surface area (Å²) in [6.07, 6.45) is 0. The number of aryl methyl sites for hydroxylation is 2. The van der Waals surface area contributed by atoms with Crippen LogP contribution in [-0.4, -0.2) is 92.1 Å². The zero-order valence-electron chi connectivity index (χ0n) is 21.4. The Morgan fingerprint density at radius 2 is 1.33 bits per heavy atom. The molecule has 198 valence electrons. The summed E-state index contributed by atoms with van der Waals surface area (Å²) < 4.78 is 11.0. The maximum atomic E-state index is 12.8. The Balaban J connectivity index is 0.00000456. The van der Waals surface area contributed by atoms with Crippen molar-refractivity contribution in [1.82, 2.24) is 4.90 Å². The molecule has 2 amide bonds. The van der Waals surface area contributed by atoms with Crippen molar-refractivity contribution in [2.75, 3.05) is 70.7 Å². The lowest BCUT2D eigenvalue weighted by molar-refractivity contribution is -0.906. The van der Waals surface area contributed by atoms with Gasteiger partial charge in [-0.1, -0.05) is 12.1 Å². The van der Waals surface area contributed by atoms with Crippen LogP contribution < -0.4 is 32.0 Å². The number of ether oxygens (including phenoxy) is 2. The lowest BCUT2D eigenvalue weighted by atomic mass is 10.2. The van der Waals surface area contributed by atoms with Crippen molar-refractivity contribution in [3.8, 4) is 11.5 Å². The second-order valence-electron chi connectivity index (χ2n) is 9.22. The number of quaternary nitrogens is 1. The smallest absolute Gasteiger partial charge is 0.305 e. The number of carbonyl (C=O) groups excluding carboxylic acids is 2. The van der Waals surface area contributed by atoms with Crippen LogP contribution in [-0.2, 0) is 9.59 Å². The van der Waals surface area contributed by atoms with E-state index in [2.05, 4.69) is 0 Å². The fraction of sp³-hybridized carbons (Fsp3) is 0.440. The number of halogens is 1. The molecule has 0 saturated carbocycles. The average Bonchev–Trinajstić information content (AvgIpc) is 2.85. The summed E-state index contributed by atoms with van der Waals surface area (Å²) in [7, 11) is 5.04. The zero-order chi connectivity index (χ0) is 25.8. The number of nitrogens with zero attached hydrogens (tertiary/aromatic N) is 4. The van der Waals surface area contributed by atoms with Gasteiger partial charge in [0.2, 0.25) is 0 Å². The highest BCUT2D eigenvalue weighted by Crippen LogP contribution is 2.26. The SMILES string of the molecule is COc1cc(N(O)C(=O)CN2CC[N+](C)(CC(=O)N(O)c3ccc(C)c(OC)c3)CC2)ccc1C.[Cl-]. The molecule has 2 N–H and O–H groups in total. The standard InChI is InChI=1S/C25H35N4O6.ClH/c1-18-6-8-20(14-22(18)34-4)27(32)24(30)16-26-10-12-29(3,13-11-26)17-25(31)28(33)21-9-7-19(2)23(15-21)35-5;/h6-9,14-15,32-33H,10-13,16-17H2,1-5H3;1H/q+1;/p-1. The maximum absolute atomic E-state index is 12.8. The summed E-state index contributed by atoms with van der Waals surface area (Å²) in [6, 6.07) is 10.1. The first-order chi connectivity index (χ1) is 16.6. The molecule has 0 aliphatic carbocycles. The predicted octanol–water partition coefficient (Wildman–Crippen LogP) is -0.769. The van der Waals surface area contributed by atoms with Crippen molar-refractivity contribution in [3.63, 3.8) is 0 Å². The van der Waals surface area contributed by atoms with Gasteiger partial charge in [-0.3, -0.25) is 24.9 Å². The first-order valence-electron chi connectivity index (χ1n) is 11.5. The molecule has 1 heterocycles. The molecule has 1 aliphatic rings. The van der Waals surface area contributed by atoms with E-state index in [1.807, 2.05) is 25.8 Å². The van der Waals surface area contributed by atoms with Gasteiger partial charge < -0.3 is 26.4 Å². The molecule has 0 radical (unpaired) electrons. The Labute approximate surface area is 218 Å². The van der Waals surface area contributed by atoms with E-state index in [0.717, 1.165) is 11.1 Å². The van der Waals surface area contributed by atoms with Crippen LogP contribution >= 0.6 is 0 Å². The number of hydrogen-bond acceptors (Lipinski definition) is 7. The highest BCUT2D eigenvalue weighted by molar-refractivity contribution is 5.93. The molecule has 3 rings (SSSR count). The molecule has 0 aromatic heterocycles. The summed E-state index contributed by atoms with van der Waals surface area (Å²) in [5, 5.41) is 22.2. The fourth-order valence-corrected chi connectivity index (χ4v) is 4.13.